The van der Waals surface area contributed by atoms with Crippen LogP contribution in [0.4, 0.5) is 0 Å². The third-order valence-electron chi connectivity index (χ3n) is 5.06. The van der Waals surface area contributed by atoms with Gasteiger partial charge in [-0.3, -0.25) is 9.89 Å². The second-order valence-electron chi connectivity index (χ2n) is 8.46. The lowest BCUT2D eigenvalue weighted by atomic mass is 9.90. The van der Waals surface area contributed by atoms with Crippen molar-refractivity contribution in [3.8, 4) is 0 Å². The molecule has 0 saturated carbocycles. The van der Waals surface area contributed by atoms with E-state index in [4.69, 9.17) is 4.99 Å². The molecule has 1 aromatic carbocycles. The summed E-state index contributed by atoms with van der Waals surface area (Å²) in [5.41, 5.74) is 1.21. The third kappa shape index (κ3) is 8.19. The summed E-state index contributed by atoms with van der Waals surface area (Å²) in [5.74, 6) is 1.15. The molecule has 1 aliphatic heterocycles. The normalized spacial score (nSPS) is 17.0. The molecular formula is C21H36N4O2S. The van der Waals surface area contributed by atoms with Crippen molar-refractivity contribution in [2.75, 3.05) is 51.3 Å². The molecule has 0 bridgehead atoms. The Hall–Kier alpha value is -1.60. The van der Waals surface area contributed by atoms with Gasteiger partial charge in [-0.05, 0) is 24.3 Å². The molecule has 1 N–H and O–H groups in total. The fraction of sp³-hybridized carbons (Fsp3) is 0.667. The van der Waals surface area contributed by atoms with Crippen LogP contribution in [-0.4, -0.2) is 75.5 Å². The fourth-order valence-electron chi connectivity index (χ4n) is 3.21. The first-order valence-electron chi connectivity index (χ1n) is 10.2. The van der Waals surface area contributed by atoms with E-state index in [-0.39, 0.29) is 11.2 Å². The standard InChI is InChI=1S/C21H36N4O2S/c1-5-22-20(23-18-21(2,3)11-16-28(4,26)27)25-14-12-24(13-15-25)17-19-9-7-6-8-10-19/h6-10H,5,11-18H2,1-4H3,(H,22,23). The number of nitrogens with zero attached hydrogens (tertiary/aromatic N) is 3. The highest BCUT2D eigenvalue weighted by Crippen LogP contribution is 2.21. The van der Waals surface area contributed by atoms with Gasteiger partial charge in [0.05, 0.1) is 5.75 Å². The molecule has 2 rings (SSSR count). The molecule has 0 radical (unpaired) electrons. The third-order valence-corrected chi connectivity index (χ3v) is 6.01. The Labute approximate surface area is 170 Å². The van der Waals surface area contributed by atoms with Crippen molar-refractivity contribution in [1.29, 1.82) is 0 Å². The number of guanidine groups is 1. The Bertz CT molecular complexity index is 724. The van der Waals surface area contributed by atoms with E-state index in [0.717, 1.165) is 45.2 Å². The topological polar surface area (TPSA) is 65.0 Å². The molecule has 0 aromatic heterocycles. The van der Waals surface area contributed by atoms with Gasteiger partial charge in [0, 0.05) is 52.1 Å². The van der Waals surface area contributed by atoms with Crippen LogP contribution in [0.5, 0.6) is 0 Å². The second kappa shape index (κ2) is 10.3. The number of sulfone groups is 1. The Morgan fingerprint density at radius 2 is 1.79 bits per heavy atom. The van der Waals surface area contributed by atoms with Gasteiger partial charge in [0.25, 0.3) is 0 Å². The van der Waals surface area contributed by atoms with Gasteiger partial charge in [-0.25, -0.2) is 8.42 Å². The van der Waals surface area contributed by atoms with E-state index in [2.05, 4.69) is 66.2 Å². The highest BCUT2D eigenvalue weighted by atomic mass is 32.2. The first kappa shape index (κ1) is 22.7. The average Bonchev–Trinajstić information content (AvgIpc) is 2.65. The summed E-state index contributed by atoms with van der Waals surface area (Å²) < 4.78 is 22.9. The predicted molar refractivity (Wildman–Crippen MR) is 117 cm³/mol. The van der Waals surface area contributed by atoms with Gasteiger partial charge in [0.15, 0.2) is 5.96 Å². The number of aliphatic imine (C=N–C) groups is 1. The van der Waals surface area contributed by atoms with Crippen LogP contribution < -0.4 is 5.32 Å². The Morgan fingerprint density at radius 1 is 1.14 bits per heavy atom. The number of hydrogen-bond donors (Lipinski definition) is 1. The number of benzene rings is 1. The van der Waals surface area contributed by atoms with Crippen molar-refractivity contribution >= 4 is 15.8 Å². The van der Waals surface area contributed by atoms with Crippen molar-refractivity contribution in [2.45, 2.75) is 33.7 Å². The molecular weight excluding hydrogens is 372 g/mol. The Balaban J connectivity index is 1.90. The zero-order valence-corrected chi connectivity index (χ0v) is 18.6. The van der Waals surface area contributed by atoms with E-state index >= 15 is 0 Å². The van der Waals surface area contributed by atoms with E-state index in [1.165, 1.54) is 11.8 Å². The summed E-state index contributed by atoms with van der Waals surface area (Å²) in [6.45, 7) is 12.6. The summed E-state index contributed by atoms with van der Waals surface area (Å²) in [4.78, 5) is 9.63. The molecule has 0 amide bonds. The number of hydrogen-bond acceptors (Lipinski definition) is 4. The second-order valence-corrected chi connectivity index (χ2v) is 10.7. The van der Waals surface area contributed by atoms with Gasteiger partial charge >= 0.3 is 0 Å². The molecule has 6 nitrogen and oxygen atoms in total. The fourth-order valence-corrected chi connectivity index (χ4v) is 4.14. The minimum absolute atomic E-state index is 0.140. The Morgan fingerprint density at radius 3 is 2.36 bits per heavy atom. The Kier molecular flexibility index (Phi) is 8.31. The van der Waals surface area contributed by atoms with Gasteiger partial charge in [0.2, 0.25) is 0 Å². The average molecular weight is 409 g/mol. The molecule has 158 valence electrons. The lowest BCUT2D eigenvalue weighted by molar-refractivity contribution is 0.172. The molecule has 1 aromatic rings. The minimum Gasteiger partial charge on any atom is -0.357 e. The molecule has 0 atom stereocenters. The van der Waals surface area contributed by atoms with Crippen LogP contribution >= 0.6 is 0 Å². The molecule has 0 unspecified atom stereocenters. The maximum atomic E-state index is 11.5. The van der Waals surface area contributed by atoms with Gasteiger partial charge in [0.1, 0.15) is 9.84 Å². The van der Waals surface area contributed by atoms with Crippen LogP contribution in [0, 0.1) is 5.41 Å². The van der Waals surface area contributed by atoms with Gasteiger partial charge in [-0.1, -0.05) is 44.2 Å². The van der Waals surface area contributed by atoms with Crippen molar-refractivity contribution < 1.29 is 8.42 Å². The molecule has 7 heteroatoms. The molecule has 0 aliphatic carbocycles. The maximum Gasteiger partial charge on any atom is 0.194 e. The van der Waals surface area contributed by atoms with E-state index in [9.17, 15) is 8.42 Å². The van der Waals surface area contributed by atoms with Crippen molar-refractivity contribution in [2.24, 2.45) is 10.4 Å². The van der Waals surface area contributed by atoms with E-state index in [1.54, 1.807) is 0 Å². The van der Waals surface area contributed by atoms with Crippen LogP contribution in [-0.2, 0) is 16.4 Å². The van der Waals surface area contributed by atoms with Gasteiger partial charge < -0.3 is 10.2 Å². The monoisotopic (exact) mass is 408 g/mol. The first-order chi connectivity index (χ1) is 13.2. The first-order valence-corrected chi connectivity index (χ1v) is 12.2. The summed E-state index contributed by atoms with van der Waals surface area (Å²) in [6, 6.07) is 10.6. The number of rotatable bonds is 8. The summed E-state index contributed by atoms with van der Waals surface area (Å²) >= 11 is 0. The highest BCUT2D eigenvalue weighted by Gasteiger charge is 2.23. The quantitative estimate of drug-likeness (QED) is 0.528. The van der Waals surface area contributed by atoms with Crippen LogP contribution in [0.25, 0.3) is 0 Å². The van der Waals surface area contributed by atoms with Crippen LogP contribution in [0.1, 0.15) is 32.8 Å². The SMILES string of the molecule is CCNC(=NCC(C)(C)CCS(C)(=O)=O)N1CCN(Cc2ccccc2)CC1. The van der Waals surface area contributed by atoms with Crippen LogP contribution in [0.2, 0.25) is 0 Å². The van der Waals surface area contributed by atoms with E-state index in [1.807, 2.05) is 0 Å². The molecule has 1 fully saturated rings. The molecule has 28 heavy (non-hydrogen) atoms. The highest BCUT2D eigenvalue weighted by molar-refractivity contribution is 7.90. The largest absolute Gasteiger partial charge is 0.357 e. The van der Waals surface area contributed by atoms with Gasteiger partial charge in [-0.2, -0.15) is 0 Å². The van der Waals surface area contributed by atoms with Gasteiger partial charge in [-0.15, -0.1) is 0 Å². The van der Waals surface area contributed by atoms with Crippen LogP contribution in [0.3, 0.4) is 0 Å². The summed E-state index contributed by atoms with van der Waals surface area (Å²) in [5, 5.41) is 3.40. The number of nitrogens with one attached hydrogen (secondary N) is 1. The maximum absolute atomic E-state index is 11.5. The molecule has 0 spiro atoms. The van der Waals surface area contributed by atoms with Crippen molar-refractivity contribution in [3.05, 3.63) is 35.9 Å². The zero-order chi connectivity index (χ0) is 20.6. The summed E-state index contributed by atoms with van der Waals surface area (Å²) in [6.07, 6.45) is 1.92. The summed E-state index contributed by atoms with van der Waals surface area (Å²) in [7, 11) is -2.94. The van der Waals surface area contributed by atoms with E-state index < -0.39 is 9.84 Å². The lowest BCUT2D eigenvalue weighted by Crippen LogP contribution is -2.52. The molecule has 1 aliphatic rings. The van der Waals surface area contributed by atoms with Crippen LogP contribution in [0.15, 0.2) is 35.3 Å². The van der Waals surface area contributed by atoms with E-state index in [0.29, 0.717) is 13.0 Å². The van der Waals surface area contributed by atoms with Crippen molar-refractivity contribution in [1.82, 2.24) is 15.1 Å². The molecule has 1 heterocycles. The van der Waals surface area contributed by atoms with Crippen molar-refractivity contribution in [3.63, 3.8) is 0 Å². The minimum atomic E-state index is -2.94. The molecule has 1 saturated heterocycles. The smallest absolute Gasteiger partial charge is 0.194 e. The zero-order valence-electron chi connectivity index (χ0n) is 17.8. The lowest BCUT2D eigenvalue weighted by Gasteiger charge is -2.37. The number of piperazine rings is 1. The predicted octanol–water partition coefficient (Wildman–Crippen LogP) is 2.23.